The molecule has 6 nitrogen and oxygen atoms in total. The SMILES string of the molecule is COC(=O)[C@@]12CCCC[C@@H]1CN(S(=O)(=O)N(C)C)C2. The highest BCUT2D eigenvalue weighted by Crippen LogP contribution is 2.48. The third kappa shape index (κ3) is 2.28. The van der Waals surface area contributed by atoms with Crippen LogP contribution < -0.4 is 0 Å². The molecule has 110 valence electrons. The molecule has 0 aromatic rings. The number of hydrogen-bond donors (Lipinski definition) is 0. The zero-order valence-corrected chi connectivity index (χ0v) is 12.6. The zero-order valence-electron chi connectivity index (χ0n) is 11.8. The number of carbonyl (C=O) groups is 1. The summed E-state index contributed by atoms with van der Waals surface area (Å²) >= 11 is 0. The van der Waals surface area contributed by atoms with Crippen LogP contribution in [0.5, 0.6) is 0 Å². The van der Waals surface area contributed by atoms with E-state index in [0.717, 1.165) is 25.7 Å². The first-order valence-corrected chi connectivity index (χ1v) is 8.00. The molecule has 0 N–H and O–H groups in total. The Kier molecular flexibility index (Phi) is 3.90. The Hall–Kier alpha value is -0.660. The van der Waals surface area contributed by atoms with Crippen molar-refractivity contribution in [2.24, 2.45) is 11.3 Å². The molecular weight excluding hydrogens is 268 g/mol. The largest absolute Gasteiger partial charge is 0.469 e. The minimum Gasteiger partial charge on any atom is -0.469 e. The highest BCUT2D eigenvalue weighted by molar-refractivity contribution is 7.86. The molecule has 0 aromatic heterocycles. The average molecular weight is 290 g/mol. The number of fused-ring (bicyclic) bond motifs is 1. The normalized spacial score (nSPS) is 32.3. The smallest absolute Gasteiger partial charge is 0.313 e. The van der Waals surface area contributed by atoms with Crippen molar-refractivity contribution < 1.29 is 17.9 Å². The molecule has 2 rings (SSSR count). The lowest BCUT2D eigenvalue weighted by Crippen LogP contribution is -2.43. The fourth-order valence-corrected chi connectivity index (χ4v) is 4.58. The molecule has 0 amide bonds. The molecule has 1 saturated heterocycles. The first-order chi connectivity index (χ1) is 8.84. The predicted molar refractivity (Wildman–Crippen MR) is 70.6 cm³/mol. The number of rotatable bonds is 3. The van der Waals surface area contributed by atoms with Crippen molar-refractivity contribution in [3.63, 3.8) is 0 Å². The summed E-state index contributed by atoms with van der Waals surface area (Å²) in [6.45, 7) is 0.681. The van der Waals surface area contributed by atoms with Crippen molar-refractivity contribution in [3.8, 4) is 0 Å². The summed E-state index contributed by atoms with van der Waals surface area (Å²) in [5.41, 5.74) is -0.629. The third-order valence-corrected chi connectivity index (χ3v) is 6.32. The number of hydrogen-bond acceptors (Lipinski definition) is 4. The summed E-state index contributed by atoms with van der Waals surface area (Å²) < 4.78 is 32.0. The summed E-state index contributed by atoms with van der Waals surface area (Å²) in [5, 5.41) is 0. The Balaban J connectivity index is 2.31. The third-order valence-electron chi connectivity index (χ3n) is 4.47. The van der Waals surface area contributed by atoms with Crippen molar-refractivity contribution in [1.29, 1.82) is 0 Å². The van der Waals surface area contributed by atoms with E-state index in [-0.39, 0.29) is 18.4 Å². The number of esters is 1. The maximum Gasteiger partial charge on any atom is 0.313 e. The van der Waals surface area contributed by atoms with E-state index in [1.54, 1.807) is 0 Å². The van der Waals surface area contributed by atoms with Gasteiger partial charge in [0.15, 0.2) is 0 Å². The summed E-state index contributed by atoms with van der Waals surface area (Å²) in [7, 11) is 0.957. The van der Waals surface area contributed by atoms with Gasteiger partial charge in [-0.25, -0.2) is 0 Å². The van der Waals surface area contributed by atoms with Gasteiger partial charge in [-0.15, -0.1) is 0 Å². The standard InChI is InChI=1S/C12H22N2O4S/c1-13(2)19(16,17)14-8-10-6-4-5-7-12(10,9-14)11(15)18-3/h10H,4-9H2,1-3H3/t10-,12-/m1/s1. The summed E-state index contributed by atoms with van der Waals surface area (Å²) in [5.74, 6) is -0.169. The van der Waals surface area contributed by atoms with Crippen molar-refractivity contribution in [1.82, 2.24) is 8.61 Å². The van der Waals surface area contributed by atoms with Crippen LogP contribution in [0.2, 0.25) is 0 Å². The molecule has 2 aliphatic rings. The Bertz CT molecular complexity index is 462. The van der Waals surface area contributed by atoms with Gasteiger partial charge < -0.3 is 4.74 Å². The number of methoxy groups -OCH3 is 1. The number of ether oxygens (including phenoxy) is 1. The predicted octanol–water partition coefficient (Wildman–Crippen LogP) is 0.458. The number of carbonyl (C=O) groups excluding carboxylic acids is 1. The van der Waals surface area contributed by atoms with E-state index < -0.39 is 15.6 Å². The van der Waals surface area contributed by atoms with E-state index in [1.165, 1.54) is 29.8 Å². The fraction of sp³-hybridized carbons (Fsp3) is 0.917. The van der Waals surface area contributed by atoms with Crippen LogP contribution in [-0.4, -0.2) is 57.3 Å². The molecule has 2 atom stereocenters. The van der Waals surface area contributed by atoms with Gasteiger partial charge >= 0.3 is 5.97 Å². The molecule has 2 fully saturated rings. The van der Waals surface area contributed by atoms with Crippen LogP contribution in [0.15, 0.2) is 0 Å². The maximum atomic E-state index is 12.2. The van der Waals surface area contributed by atoms with Crippen LogP contribution in [0, 0.1) is 11.3 Å². The van der Waals surface area contributed by atoms with Crippen LogP contribution in [-0.2, 0) is 19.7 Å². The van der Waals surface area contributed by atoms with Gasteiger partial charge in [0, 0.05) is 27.2 Å². The van der Waals surface area contributed by atoms with Gasteiger partial charge in [-0.1, -0.05) is 12.8 Å². The topological polar surface area (TPSA) is 66.9 Å². The maximum absolute atomic E-state index is 12.2. The van der Waals surface area contributed by atoms with E-state index >= 15 is 0 Å². The van der Waals surface area contributed by atoms with Gasteiger partial charge in [0.05, 0.1) is 12.5 Å². The van der Waals surface area contributed by atoms with Gasteiger partial charge in [-0.05, 0) is 18.8 Å². The molecule has 7 heteroatoms. The molecule has 1 saturated carbocycles. The van der Waals surface area contributed by atoms with Crippen LogP contribution in [0.3, 0.4) is 0 Å². The van der Waals surface area contributed by atoms with Gasteiger partial charge in [-0.3, -0.25) is 4.79 Å². The molecular formula is C12H22N2O4S. The highest BCUT2D eigenvalue weighted by atomic mass is 32.2. The first-order valence-electron chi connectivity index (χ1n) is 6.60. The summed E-state index contributed by atoms with van der Waals surface area (Å²) in [4.78, 5) is 12.2. The minimum absolute atomic E-state index is 0.0865. The molecule has 0 aromatic carbocycles. The molecule has 0 unspecified atom stereocenters. The van der Waals surface area contributed by atoms with Crippen molar-refractivity contribution in [3.05, 3.63) is 0 Å². The molecule has 1 aliphatic carbocycles. The lowest BCUT2D eigenvalue weighted by Gasteiger charge is -2.35. The van der Waals surface area contributed by atoms with Gasteiger partial charge in [0.25, 0.3) is 10.2 Å². The number of nitrogens with zero attached hydrogens (tertiary/aromatic N) is 2. The van der Waals surface area contributed by atoms with Gasteiger partial charge in [0.2, 0.25) is 0 Å². The zero-order chi connectivity index (χ0) is 14.3. The second-order valence-corrected chi connectivity index (χ2v) is 7.82. The molecule has 19 heavy (non-hydrogen) atoms. The van der Waals surface area contributed by atoms with Crippen molar-refractivity contribution in [2.45, 2.75) is 25.7 Å². The van der Waals surface area contributed by atoms with Crippen molar-refractivity contribution >= 4 is 16.2 Å². The second-order valence-electron chi connectivity index (χ2n) is 5.67. The second kappa shape index (κ2) is 5.03. The quantitative estimate of drug-likeness (QED) is 0.708. The molecule has 1 heterocycles. The average Bonchev–Trinajstić information content (AvgIpc) is 2.78. The molecule has 1 aliphatic heterocycles. The van der Waals surface area contributed by atoms with Crippen LogP contribution in [0.1, 0.15) is 25.7 Å². The lowest BCUT2D eigenvalue weighted by molar-refractivity contribution is -0.156. The van der Waals surface area contributed by atoms with Gasteiger partial charge in [-0.2, -0.15) is 17.0 Å². The Morgan fingerprint density at radius 2 is 2.05 bits per heavy atom. The lowest BCUT2D eigenvalue weighted by atomic mass is 9.68. The monoisotopic (exact) mass is 290 g/mol. The van der Waals surface area contributed by atoms with E-state index in [4.69, 9.17) is 4.74 Å². The molecule has 0 spiro atoms. The van der Waals surface area contributed by atoms with Gasteiger partial charge in [0.1, 0.15) is 0 Å². The van der Waals surface area contributed by atoms with E-state index in [9.17, 15) is 13.2 Å². The van der Waals surface area contributed by atoms with Crippen LogP contribution >= 0.6 is 0 Å². The first kappa shape index (κ1) is 14.7. The Labute approximate surface area is 114 Å². The Morgan fingerprint density at radius 3 is 2.63 bits per heavy atom. The van der Waals surface area contributed by atoms with Crippen molar-refractivity contribution in [2.75, 3.05) is 34.3 Å². The Morgan fingerprint density at radius 1 is 1.37 bits per heavy atom. The minimum atomic E-state index is -3.46. The fourth-order valence-electron chi connectivity index (χ4n) is 3.35. The van der Waals surface area contributed by atoms with E-state index in [0.29, 0.717) is 6.54 Å². The van der Waals surface area contributed by atoms with E-state index in [1.807, 2.05) is 0 Å². The molecule has 0 bridgehead atoms. The van der Waals surface area contributed by atoms with Crippen LogP contribution in [0.4, 0.5) is 0 Å². The van der Waals surface area contributed by atoms with Crippen LogP contribution in [0.25, 0.3) is 0 Å². The summed E-state index contributed by atoms with van der Waals surface area (Å²) in [6, 6.07) is 0. The summed E-state index contributed by atoms with van der Waals surface area (Å²) in [6.07, 6.45) is 3.64. The highest BCUT2D eigenvalue weighted by Gasteiger charge is 2.56. The van der Waals surface area contributed by atoms with E-state index in [2.05, 4.69) is 0 Å². The molecule has 0 radical (unpaired) electrons.